The van der Waals surface area contributed by atoms with Gasteiger partial charge in [0.25, 0.3) is 0 Å². The molecule has 0 aromatic heterocycles. The summed E-state index contributed by atoms with van der Waals surface area (Å²) in [6.45, 7) is 7.79. The highest BCUT2D eigenvalue weighted by Gasteiger charge is 2.22. The molecular formula is C9H20N2. The summed E-state index contributed by atoms with van der Waals surface area (Å²) in [5.74, 6) is 0. The number of likely N-dealkylation sites (N-methyl/N-ethyl adjacent to an activating group) is 1. The van der Waals surface area contributed by atoms with E-state index in [4.69, 9.17) is 0 Å². The molecule has 1 aliphatic rings. The number of nitrogens with one attached hydrogen (secondary N) is 2. The van der Waals surface area contributed by atoms with Gasteiger partial charge in [0.1, 0.15) is 0 Å². The Morgan fingerprint density at radius 1 is 1.36 bits per heavy atom. The van der Waals surface area contributed by atoms with E-state index in [9.17, 15) is 0 Å². The minimum Gasteiger partial charge on any atom is -0.313 e. The lowest BCUT2D eigenvalue weighted by Gasteiger charge is -2.34. The molecule has 11 heavy (non-hydrogen) atoms. The minimum atomic E-state index is 0.638. The molecule has 66 valence electrons. The molecule has 0 aromatic carbocycles. The van der Waals surface area contributed by atoms with Crippen LogP contribution in [0.1, 0.15) is 33.6 Å². The first-order valence-electron chi connectivity index (χ1n) is 4.73. The molecule has 0 aliphatic carbocycles. The van der Waals surface area contributed by atoms with Crippen LogP contribution in [0.4, 0.5) is 0 Å². The third-order valence-electron chi connectivity index (χ3n) is 2.53. The van der Waals surface area contributed by atoms with E-state index in [1.807, 2.05) is 0 Å². The summed E-state index contributed by atoms with van der Waals surface area (Å²) < 4.78 is 0. The molecule has 0 aromatic rings. The molecule has 2 N–H and O–H groups in total. The maximum Gasteiger partial charge on any atom is 0.0219 e. The maximum atomic E-state index is 3.55. The van der Waals surface area contributed by atoms with E-state index in [0.717, 1.165) is 6.54 Å². The zero-order valence-corrected chi connectivity index (χ0v) is 7.85. The highest BCUT2D eigenvalue weighted by atomic mass is 15.0. The first-order valence-corrected chi connectivity index (χ1v) is 4.73. The molecule has 0 spiro atoms. The van der Waals surface area contributed by atoms with Gasteiger partial charge in [-0.15, -0.1) is 0 Å². The fourth-order valence-corrected chi connectivity index (χ4v) is 1.87. The van der Waals surface area contributed by atoms with Gasteiger partial charge in [0, 0.05) is 18.1 Å². The van der Waals surface area contributed by atoms with Crippen molar-refractivity contribution in [2.75, 3.05) is 6.54 Å². The molecule has 2 nitrogen and oxygen atoms in total. The highest BCUT2D eigenvalue weighted by Crippen LogP contribution is 2.12. The molecule has 1 rings (SSSR count). The number of hydrogen-bond donors (Lipinski definition) is 2. The topological polar surface area (TPSA) is 24.1 Å². The van der Waals surface area contributed by atoms with Gasteiger partial charge in [0.2, 0.25) is 0 Å². The van der Waals surface area contributed by atoms with E-state index in [2.05, 4.69) is 31.4 Å². The van der Waals surface area contributed by atoms with Crippen LogP contribution < -0.4 is 10.6 Å². The van der Waals surface area contributed by atoms with Crippen molar-refractivity contribution in [2.24, 2.45) is 0 Å². The standard InChI is InChI=1S/C9H20N2/c1-4-10-9-6-5-7(2)11-8(9)3/h7-11H,4-6H2,1-3H3. The van der Waals surface area contributed by atoms with Gasteiger partial charge in [0.15, 0.2) is 0 Å². The lowest BCUT2D eigenvalue weighted by molar-refractivity contribution is 0.276. The first-order chi connectivity index (χ1) is 5.24. The Morgan fingerprint density at radius 3 is 2.64 bits per heavy atom. The molecular weight excluding hydrogens is 136 g/mol. The predicted molar refractivity (Wildman–Crippen MR) is 48.8 cm³/mol. The second-order valence-corrected chi connectivity index (χ2v) is 3.60. The normalized spacial score (nSPS) is 39.0. The predicted octanol–water partition coefficient (Wildman–Crippen LogP) is 1.12. The van der Waals surface area contributed by atoms with Crippen LogP contribution in [0.25, 0.3) is 0 Å². The van der Waals surface area contributed by atoms with Crippen molar-refractivity contribution >= 4 is 0 Å². The molecule has 1 heterocycles. The summed E-state index contributed by atoms with van der Waals surface area (Å²) in [6, 6.07) is 2.04. The van der Waals surface area contributed by atoms with Crippen molar-refractivity contribution in [2.45, 2.75) is 51.7 Å². The second-order valence-electron chi connectivity index (χ2n) is 3.60. The van der Waals surface area contributed by atoms with Crippen LogP contribution in [0.5, 0.6) is 0 Å². The van der Waals surface area contributed by atoms with Crippen LogP contribution in [0, 0.1) is 0 Å². The zero-order chi connectivity index (χ0) is 8.27. The van der Waals surface area contributed by atoms with Gasteiger partial charge in [-0.25, -0.2) is 0 Å². The van der Waals surface area contributed by atoms with E-state index in [-0.39, 0.29) is 0 Å². The lowest BCUT2D eigenvalue weighted by Crippen LogP contribution is -2.53. The van der Waals surface area contributed by atoms with E-state index in [1.165, 1.54) is 12.8 Å². The number of hydrogen-bond acceptors (Lipinski definition) is 2. The van der Waals surface area contributed by atoms with Gasteiger partial charge in [-0.2, -0.15) is 0 Å². The molecule has 0 saturated carbocycles. The van der Waals surface area contributed by atoms with Crippen LogP contribution in [0.3, 0.4) is 0 Å². The zero-order valence-electron chi connectivity index (χ0n) is 7.85. The molecule has 0 amide bonds. The maximum absolute atomic E-state index is 3.55. The Hall–Kier alpha value is -0.0800. The Bertz CT molecular complexity index is 114. The smallest absolute Gasteiger partial charge is 0.0219 e. The molecule has 3 unspecified atom stereocenters. The molecule has 3 atom stereocenters. The van der Waals surface area contributed by atoms with E-state index in [0.29, 0.717) is 18.1 Å². The number of rotatable bonds is 2. The van der Waals surface area contributed by atoms with Crippen LogP contribution in [-0.4, -0.2) is 24.7 Å². The van der Waals surface area contributed by atoms with Crippen LogP contribution in [0.15, 0.2) is 0 Å². The molecule has 1 saturated heterocycles. The summed E-state index contributed by atoms with van der Waals surface area (Å²) in [5, 5.41) is 7.04. The fourth-order valence-electron chi connectivity index (χ4n) is 1.87. The second kappa shape index (κ2) is 4.07. The quantitative estimate of drug-likeness (QED) is 0.626. The van der Waals surface area contributed by atoms with Crippen molar-refractivity contribution < 1.29 is 0 Å². The van der Waals surface area contributed by atoms with Crippen molar-refractivity contribution in [3.05, 3.63) is 0 Å². The Balaban J connectivity index is 2.31. The first kappa shape index (κ1) is 9.01. The molecule has 0 bridgehead atoms. The van der Waals surface area contributed by atoms with Crippen LogP contribution in [0.2, 0.25) is 0 Å². The summed E-state index contributed by atoms with van der Waals surface area (Å²) >= 11 is 0. The van der Waals surface area contributed by atoms with Crippen molar-refractivity contribution in [1.29, 1.82) is 0 Å². The number of piperidine rings is 1. The average molecular weight is 156 g/mol. The molecule has 0 radical (unpaired) electrons. The average Bonchev–Trinajstić information content (AvgIpc) is 1.95. The summed E-state index contributed by atoms with van der Waals surface area (Å²) in [5.41, 5.74) is 0. The van der Waals surface area contributed by atoms with E-state index < -0.39 is 0 Å². The third-order valence-corrected chi connectivity index (χ3v) is 2.53. The van der Waals surface area contributed by atoms with Crippen LogP contribution >= 0.6 is 0 Å². The van der Waals surface area contributed by atoms with E-state index in [1.54, 1.807) is 0 Å². The SMILES string of the molecule is CCNC1CCC(C)NC1C. The van der Waals surface area contributed by atoms with Crippen molar-refractivity contribution in [1.82, 2.24) is 10.6 Å². The Morgan fingerprint density at radius 2 is 2.09 bits per heavy atom. The van der Waals surface area contributed by atoms with Gasteiger partial charge in [-0.3, -0.25) is 0 Å². The largest absolute Gasteiger partial charge is 0.313 e. The third kappa shape index (κ3) is 2.46. The fraction of sp³-hybridized carbons (Fsp3) is 1.00. The molecule has 2 heteroatoms. The molecule has 1 aliphatic heterocycles. The summed E-state index contributed by atoms with van der Waals surface area (Å²) in [6.07, 6.45) is 2.63. The Kier molecular flexibility index (Phi) is 3.34. The minimum absolute atomic E-state index is 0.638. The summed E-state index contributed by atoms with van der Waals surface area (Å²) in [4.78, 5) is 0. The van der Waals surface area contributed by atoms with Gasteiger partial charge in [-0.1, -0.05) is 6.92 Å². The van der Waals surface area contributed by atoms with E-state index >= 15 is 0 Å². The highest BCUT2D eigenvalue weighted by molar-refractivity contribution is 4.86. The molecule has 1 fully saturated rings. The van der Waals surface area contributed by atoms with Gasteiger partial charge in [0.05, 0.1) is 0 Å². The van der Waals surface area contributed by atoms with Gasteiger partial charge < -0.3 is 10.6 Å². The van der Waals surface area contributed by atoms with Crippen molar-refractivity contribution in [3.63, 3.8) is 0 Å². The van der Waals surface area contributed by atoms with Crippen LogP contribution in [-0.2, 0) is 0 Å². The monoisotopic (exact) mass is 156 g/mol. The lowest BCUT2D eigenvalue weighted by atomic mass is 9.95. The summed E-state index contributed by atoms with van der Waals surface area (Å²) in [7, 11) is 0. The van der Waals surface area contributed by atoms with Crippen molar-refractivity contribution in [3.8, 4) is 0 Å². The van der Waals surface area contributed by atoms with Gasteiger partial charge >= 0.3 is 0 Å². The van der Waals surface area contributed by atoms with Gasteiger partial charge in [-0.05, 0) is 33.2 Å². The Labute approximate surface area is 69.8 Å².